The van der Waals surface area contributed by atoms with Gasteiger partial charge in [0.2, 0.25) is 5.89 Å². The number of aryl methyl sites for hydroxylation is 3. The van der Waals surface area contributed by atoms with Crippen LogP contribution in [-0.2, 0) is 25.2 Å². The molecule has 0 spiro atoms. The Bertz CT molecular complexity index is 3070. The maximum absolute atomic E-state index is 15.0. The van der Waals surface area contributed by atoms with Crippen LogP contribution in [0.1, 0.15) is 64.1 Å². The predicted octanol–water partition coefficient (Wildman–Crippen LogP) is 6.88. The van der Waals surface area contributed by atoms with Gasteiger partial charge < -0.3 is 35.0 Å². The third-order valence-electron chi connectivity index (χ3n) is 12.3. The van der Waals surface area contributed by atoms with E-state index in [0.717, 1.165) is 80.2 Å². The van der Waals surface area contributed by atoms with Crippen LogP contribution in [0.5, 0.6) is 0 Å². The molecule has 5 aromatic heterocycles. The number of piperidine rings is 1. The van der Waals surface area contributed by atoms with Crippen LogP contribution in [0.25, 0.3) is 38.6 Å². The number of nitrogens with zero attached hydrogens (tertiary/aromatic N) is 8. The molecule has 63 heavy (non-hydrogen) atoms. The highest BCUT2D eigenvalue weighted by Gasteiger charge is 2.32. The van der Waals surface area contributed by atoms with E-state index < -0.39 is 30.1 Å². The van der Waals surface area contributed by atoms with Crippen LogP contribution in [0, 0.1) is 18.6 Å². The Morgan fingerprint density at radius 1 is 0.778 bits per heavy atom. The molecule has 0 unspecified atom stereocenters. The van der Waals surface area contributed by atoms with Gasteiger partial charge in [0.1, 0.15) is 16.6 Å². The number of oxazole rings is 1. The largest absolute Gasteiger partial charge is 0.438 e. The van der Waals surface area contributed by atoms with Gasteiger partial charge >= 0.3 is 0 Å². The molecule has 2 aliphatic heterocycles. The van der Waals surface area contributed by atoms with Crippen molar-refractivity contribution in [3.05, 3.63) is 107 Å². The molecule has 8 aromatic rings. The maximum atomic E-state index is 15.0. The van der Waals surface area contributed by atoms with Crippen molar-refractivity contribution < 1.29 is 27.2 Å². The van der Waals surface area contributed by atoms with E-state index in [1.807, 2.05) is 40.0 Å². The topological polar surface area (TPSA) is 164 Å². The van der Waals surface area contributed by atoms with Crippen molar-refractivity contribution in [3.8, 4) is 0 Å². The number of aromatic nitrogens is 7. The van der Waals surface area contributed by atoms with Crippen LogP contribution in [0.2, 0.25) is 0 Å². The number of amides is 2. The van der Waals surface area contributed by atoms with E-state index in [2.05, 4.69) is 43.1 Å². The van der Waals surface area contributed by atoms with Gasteiger partial charge in [-0.25, -0.2) is 23.1 Å². The van der Waals surface area contributed by atoms with Gasteiger partial charge in [-0.05, 0) is 74.5 Å². The highest BCUT2D eigenvalue weighted by atomic mass is 19.1. The number of carbonyl (C=O) groups excluding carboxylic acids is 2. The molecule has 18 heteroatoms. The van der Waals surface area contributed by atoms with Gasteiger partial charge in [0.25, 0.3) is 11.8 Å². The van der Waals surface area contributed by atoms with Crippen molar-refractivity contribution in [1.82, 2.24) is 44.6 Å². The average molecular weight is 859 g/mol. The van der Waals surface area contributed by atoms with E-state index in [1.54, 1.807) is 29.8 Å². The minimum absolute atomic E-state index is 0.0261. The number of alkyl halides is 1. The second kappa shape index (κ2) is 16.2. The maximum Gasteiger partial charge on any atom is 0.257 e. The van der Waals surface area contributed by atoms with Crippen molar-refractivity contribution >= 4 is 67.4 Å². The van der Waals surface area contributed by atoms with Gasteiger partial charge in [-0.1, -0.05) is 13.0 Å². The molecule has 2 saturated heterocycles. The zero-order valence-corrected chi connectivity index (χ0v) is 34.8. The first-order valence-electron chi connectivity index (χ1n) is 21.1. The number of halogens is 3. The summed E-state index contributed by atoms with van der Waals surface area (Å²) < 4.78 is 53.7. The molecule has 0 radical (unpaired) electrons. The van der Waals surface area contributed by atoms with Crippen molar-refractivity contribution in [2.45, 2.75) is 58.3 Å². The van der Waals surface area contributed by atoms with E-state index in [0.29, 0.717) is 53.1 Å². The first kappa shape index (κ1) is 40.3. The smallest absolute Gasteiger partial charge is 0.257 e. The minimum Gasteiger partial charge on any atom is -0.438 e. The van der Waals surface area contributed by atoms with E-state index >= 15 is 0 Å². The summed E-state index contributed by atoms with van der Waals surface area (Å²) in [4.78, 5) is 38.1. The number of anilines is 3. The molecule has 0 atom stereocenters. The van der Waals surface area contributed by atoms with Crippen LogP contribution in [0.3, 0.4) is 0 Å². The molecule has 4 N–H and O–H groups in total. The number of hydrogen-bond donors (Lipinski definition) is 4. The lowest BCUT2D eigenvalue weighted by Crippen LogP contribution is -2.43. The fourth-order valence-corrected chi connectivity index (χ4v) is 9.05. The summed E-state index contributed by atoms with van der Waals surface area (Å²) in [5, 5.41) is 24.1. The summed E-state index contributed by atoms with van der Waals surface area (Å²) in [5.41, 5.74) is 4.88. The fourth-order valence-electron chi connectivity index (χ4n) is 9.05. The second-order valence-corrected chi connectivity index (χ2v) is 16.6. The number of hydrogen-bond acceptors (Lipinski definition) is 10. The number of benzene rings is 3. The van der Waals surface area contributed by atoms with Gasteiger partial charge in [0.05, 0.1) is 22.5 Å². The van der Waals surface area contributed by atoms with Gasteiger partial charge in [-0.2, -0.15) is 10.2 Å². The molecule has 3 aromatic carbocycles. The normalized spacial score (nSPS) is 15.5. The lowest BCUT2D eigenvalue weighted by atomic mass is 9.73. The lowest BCUT2D eigenvalue weighted by Gasteiger charge is -2.35. The summed E-state index contributed by atoms with van der Waals surface area (Å²) in [6.45, 7) is 9.01. The monoisotopic (exact) mass is 858 g/mol. The van der Waals surface area contributed by atoms with Gasteiger partial charge in [0, 0.05) is 98.3 Å². The highest BCUT2D eigenvalue weighted by Crippen LogP contribution is 2.38. The molecule has 2 aliphatic rings. The summed E-state index contributed by atoms with van der Waals surface area (Å²) in [5.74, 6) is -2.43. The fraction of sp³-hybridized carbons (Fsp3) is 0.333. The summed E-state index contributed by atoms with van der Waals surface area (Å²) in [6, 6.07) is 11.3. The summed E-state index contributed by atoms with van der Waals surface area (Å²) in [7, 11) is 0. The lowest BCUT2D eigenvalue weighted by molar-refractivity contribution is 0.102. The minimum atomic E-state index is -0.984. The molecule has 2 fully saturated rings. The molecule has 324 valence electrons. The third-order valence-corrected chi connectivity index (χ3v) is 12.3. The molecule has 10 rings (SSSR count). The number of nitrogens with one attached hydrogen (secondary N) is 4. The second-order valence-electron chi connectivity index (χ2n) is 16.6. The zero-order chi connectivity index (χ0) is 43.4. The number of piperazine rings is 1. The number of fused-ring (bicyclic) bond motifs is 4. The average Bonchev–Trinajstić information content (AvgIpc) is 4.08. The molecule has 0 saturated carbocycles. The van der Waals surface area contributed by atoms with E-state index in [4.69, 9.17) is 14.6 Å². The standard InChI is InChI=1S/C45H45F3N12O3/c1-26-22-58-23-28(19-35(48)42(58)51-26)53-44(62)29-4-6-33(45(2)8-10-49-11-9-45)31-24-59(55-39(29)31)14-3-15-60-25-32-36(57-16-12-50-13-17-57)7-5-30(40(32)56-60)43(61)52-27-18-34(47)41-37(20-27)63-38(21-46)54-41/h4-7,18-20,22-25,49-50H,3,8-17,21H2,1-2H3,(H,52,61)(H,53,62). The first-order valence-corrected chi connectivity index (χ1v) is 21.1. The number of imidazole rings is 1. The summed E-state index contributed by atoms with van der Waals surface area (Å²) in [6.07, 6.45) is 9.78. The molecule has 2 amide bonds. The SMILES string of the molecule is Cc1cn2cc(NC(=O)c3ccc(C4(C)CCNCC4)c4cn(CCCn5cc6c(N7CCNCC7)ccc(C(=O)Nc7cc(F)c8nc(CF)oc8c7)c6n5)nc34)cc(F)c2n1. The van der Waals surface area contributed by atoms with Crippen molar-refractivity contribution in [2.24, 2.45) is 0 Å². The quantitative estimate of drug-likeness (QED) is 0.108. The summed E-state index contributed by atoms with van der Waals surface area (Å²) >= 11 is 0. The van der Waals surface area contributed by atoms with Gasteiger partial charge in [0.15, 0.2) is 29.5 Å². The number of rotatable bonds is 11. The van der Waals surface area contributed by atoms with Crippen molar-refractivity contribution in [1.29, 1.82) is 0 Å². The Kier molecular flexibility index (Phi) is 10.3. The van der Waals surface area contributed by atoms with Crippen LogP contribution < -0.4 is 26.2 Å². The van der Waals surface area contributed by atoms with Crippen molar-refractivity contribution in [2.75, 3.05) is 54.8 Å². The zero-order valence-electron chi connectivity index (χ0n) is 34.8. The molecule has 0 aliphatic carbocycles. The van der Waals surface area contributed by atoms with E-state index in [1.165, 1.54) is 12.1 Å². The Morgan fingerprint density at radius 2 is 1.43 bits per heavy atom. The van der Waals surface area contributed by atoms with Crippen molar-refractivity contribution in [3.63, 3.8) is 0 Å². The molecule has 15 nitrogen and oxygen atoms in total. The Balaban J connectivity index is 0.931. The van der Waals surface area contributed by atoms with E-state index in [-0.39, 0.29) is 33.7 Å². The predicted molar refractivity (Wildman–Crippen MR) is 233 cm³/mol. The molecule has 0 bridgehead atoms. The molecular formula is C45H45F3N12O3. The first-order chi connectivity index (χ1) is 30.5. The Labute approximate surface area is 358 Å². The molecular weight excluding hydrogens is 814 g/mol. The number of carbonyl (C=O) groups is 2. The highest BCUT2D eigenvalue weighted by molar-refractivity contribution is 6.14. The van der Waals surface area contributed by atoms with Gasteiger partial charge in [-0.3, -0.25) is 19.0 Å². The van der Waals surface area contributed by atoms with Gasteiger partial charge in [-0.15, -0.1) is 0 Å². The van der Waals surface area contributed by atoms with Crippen LogP contribution in [0.4, 0.5) is 30.2 Å². The van der Waals surface area contributed by atoms with Crippen LogP contribution in [-0.4, -0.2) is 85.0 Å². The number of pyridine rings is 1. The molecule has 7 heterocycles. The Hall–Kier alpha value is -6.79. The Morgan fingerprint density at radius 3 is 2.16 bits per heavy atom. The third kappa shape index (κ3) is 7.62. The van der Waals surface area contributed by atoms with Crippen LogP contribution in [0.15, 0.2) is 71.7 Å². The van der Waals surface area contributed by atoms with Crippen LogP contribution >= 0.6 is 0 Å². The van der Waals surface area contributed by atoms with E-state index in [9.17, 15) is 22.8 Å².